The standard InChI is InChI=1S/C8H12N2O/c1-6(2)8(11)7-3-4-9-10-5-7/h3,5-6,9H,4H2,1-2H3. The fourth-order valence-electron chi connectivity index (χ4n) is 0.874. The number of hydrazone groups is 1. The van der Waals surface area contributed by atoms with Crippen molar-refractivity contribution in [2.75, 3.05) is 6.54 Å². The van der Waals surface area contributed by atoms with E-state index < -0.39 is 0 Å². The fraction of sp³-hybridized carbons (Fsp3) is 0.500. The molecule has 0 atom stereocenters. The topological polar surface area (TPSA) is 41.5 Å². The zero-order valence-corrected chi connectivity index (χ0v) is 6.79. The lowest BCUT2D eigenvalue weighted by Crippen LogP contribution is -2.19. The van der Waals surface area contributed by atoms with Gasteiger partial charge in [-0.3, -0.25) is 4.79 Å². The van der Waals surface area contributed by atoms with Gasteiger partial charge in [-0.1, -0.05) is 19.9 Å². The number of rotatable bonds is 2. The number of Topliss-reactive ketones (excluding diaryl/α,β-unsaturated/α-hetero) is 1. The van der Waals surface area contributed by atoms with E-state index in [0.29, 0.717) is 6.54 Å². The first-order valence-corrected chi connectivity index (χ1v) is 3.72. The summed E-state index contributed by atoms with van der Waals surface area (Å²) >= 11 is 0. The van der Waals surface area contributed by atoms with Crippen LogP contribution < -0.4 is 5.43 Å². The van der Waals surface area contributed by atoms with Crippen molar-refractivity contribution in [2.24, 2.45) is 11.0 Å². The van der Waals surface area contributed by atoms with Crippen molar-refractivity contribution >= 4 is 12.0 Å². The molecule has 0 amide bonds. The van der Waals surface area contributed by atoms with Crippen LogP contribution in [0.15, 0.2) is 16.8 Å². The molecule has 11 heavy (non-hydrogen) atoms. The third-order valence-electron chi connectivity index (χ3n) is 1.52. The molecular formula is C8H12N2O. The van der Waals surface area contributed by atoms with Gasteiger partial charge in [-0.05, 0) is 0 Å². The summed E-state index contributed by atoms with van der Waals surface area (Å²) in [6.07, 6.45) is 3.43. The Balaban J connectivity index is 2.67. The first kappa shape index (κ1) is 7.98. The van der Waals surface area contributed by atoms with Crippen LogP contribution >= 0.6 is 0 Å². The maximum atomic E-state index is 11.3. The second-order valence-electron chi connectivity index (χ2n) is 2.80. The van der Waals surface area contributed by atoms with Gasteiger partial charge >= 0.3 is 0 Å². The highest BCUT2D eigenvalue weighted by molar-refractivity contribution is 6.14. The van der Waals surface area contributed by atoms with Crippen LogP contribution in [0.1, 0.15) is 13.8 Å². The Morgan fingerprint density at radius 3 is 2.91 bits per heavy atom. The van der Waals surface area contributed by atoms with Crippen molar-refractivity contribution in [2.45, 2.75) is 13.8 Å². The molecule has 0 radical (unpaired) electrons. The Morgan fingerprint density at radius 2 is 2.45 bits per heavy atom. The Morgan fingerprint density at radius 1 is 1.73 bits per heavy atom. The van der Waals surface area contributed by atoms with Gasteiger partial charge in [0.2, 0.25) is 0 Å². The number of allylic oxidation sites excluding steroid dienone is 1. The van der Waals surface area contributed by atoms with Crippen molar-refractivity contribution in [1.82, 2.24) is 5.43 Å². The number of ketones is 1. The second-order valence-corrected chi connectivity index (χ2v) is 2.80. The van der Waals surface area contributed by atoms with Gasteiger partial charge in [0, 0.05) is 11.5 Å². The molecular weight excluding hydrogens is 140 g/mol. The number of hydrogen-bond donors (Lipinski definition) is 1. The maximum Gasteiger partial charge on any atom is 0.166 e. The van der Waals surface area contributed by atoms with E-state index in [0.717, 1.165) is 5.57 Å². The molecule has 3 heteroatoms. The number of carbonyl (C=O) groups is 1. The SMILES string of the molecule is CC(C)C(=O)C1=CCNN=C1. The molecule has 0 unspecified atom stereocenters. The van der Waals surface area contributed by atoms with Crippen LogP contribution in [0.25, 0.3) is 0 Å². The molecule has 1 N–H and O–H groups in total. The van der Waals surface area contributed by atoms with Gasteiger partial charge in [-0.2, -0.15) is 5.10 Å². The molecule has 0 fully saturated rings. The van der Waals surface area contributed by atoms with Crippen molar-refractivity contribution in [3.8, 4) is 0 Å². The van der Waals surface area contributed by atoms with Crippen molar-refractivity contribution < 1.29 is 4.79 Å². The van der Waals surface area contributed by atoms with Gasteiger partial charge in [0.25, 0.3) is 0 Å². The predicted octanol–water partition coefficient (Wildman–Crippen LogP) is 0.727. The minimum absolute atomic E-state index is 0.0609. The summed E-state index contributed by atoms with van der Waals surface area (Å²) in [5, 5.41) is 3.80. The van der Waals surface area contributed by atoms with Crippen LogP contribution in [-0.2, 0) is 4.79 Å². The van der Waals surface area contributed by atoms with Crippen LogP contribution in [0.2, 0.25) is 0 Å². The first-order valence-electron chi connectivity index (χ1n) is 3.72. The highest BCUT2D eigenvalue weighted by Crippen LogP contribution is 2.04. The van der Waals surface area contributed by atoms with Crippen molar-refractivity contribution in [3.05, 3.63) is 11.6 Å². The second kappa shape index (κ2) is 3.32. The first-order chi connectivity index (χ1) is 5.22. The summed E-state index contributed by atoms with van der Waals surface area (Å²) in [6.45, 7) is 4.43. The molecule has 1 heterocycles. The molecule has 1 rings (SSSR count). The smallest absolute Gasteiger partial charge is 0.166 e. The minimum atomic E-state index is 0.0609. The van der Waals surface area contributed by atoms with Crippen LogP contribution in [0.3, 0.4) is 0 Å². The summed E-state index contributed by atoms with van der Waals surface area (Å²) in [5.74, 6) is 0.223. The highest BCUT2D eigenvalue weighted by Gasteiger charge is 2.12. The minimum Gasteiger partial charge on any atom is -0.306 e. The summed E-state index contributed by atoms with van der Waals surface area (Å²) in [6, 6.07) is 0. The number of nitrogens with one attached hydrogen (secondary N) is 1. The number of carbonyl (C=O) groups excluding carboxylic acids is 1. The quantitative estimate of drug-likeness (QED) is 0.633. The Labute approximate surface area is 66.2 Å². The van der Waals surface area contributed by atoms with E-state index in [9.17, 15) is 4.79 Å². The lowest BCUT2D eigenvalue weighted by molar-refractivity contribution is -0.117. The van der Waals surface area contributed by atoms with E-state index >= 15 is 0 Å². The molecule has 0 aromatic heterocycles. The van der Waals surface area contributed by atoms with Gasteiger partial charge in [-0.15, -0.1) is 0 Å². The predicted molar refractivity (Wildman–Crippen MR) is 44.4 cm³/mol. The van der Waals surface area contributed by atoms with Crippen molar-refractivity contribution in [3.63, 3.8) is 0 Å². The van der Waals surface area contributed by atoms with Gasteiger partial charge in [-0.25, -0.2) is 0 Å². The van der Waals surface area contributed by atoms with Gasteiger partial charge in [0.15, 0.2) is 5.78 Å². The van der Waals surface area contributed by atoms with E-state index in [1.54, 1.807) is 6.21 Å². The third-order valence-corrected chi connectivity index (χ3v) is 1.52. The Bertz CT molecular complexity index is 216. The molecule has 60 valence electrons. The molecule has 0 bridgehead atoms. The molecule has 1 aliphatic rings. The molecule has 0 aliphatic carbocycles. The van der Waals surface area contributed by atoms with Gasteiger partial charge in [0.1, 0.15) is 0 Å². The monoisotopic (exact) mass is 152 g/mol. The molecule has 1 aliphatic heterocycles. The third kappa shape index (κ3) is 1.90. The van der Waals surface area contributed by atoms with Crippen LogP contribution in [0.5, 0.6) is 0 Å². The number of nitrogens with zero attached hydrogens (tertiary/aromatic N) is 1. The lowest BCUT2D eigenvalue weighted by atomic mass is 10.0. The van der Waals surface area contributed by atoms with Gasteiger partial charge in [0.05, 0.1) is 12.8 Å². The Kier molecular flexibility index (Phi) is 2.41. The number of hydrogen-bond acceptors (Lipinski definition) is 3. The summed E-state index contributed by atoms with van der Waals surface area (Å²) in [5.41, 5.74) is 3.47. The van der Waals surface area contributed by atoms with Crippen LogP contribution in [0, 0.1) is 5.92 Å². The lowest BCUT2D eigenvalue weighted by Gasteiger charge is -2.08. The Hall–Kier alpha value is -1.12. The van der Waals surface area contributed by atoms with E-state index in [1.165, 1.54) is 0 Å². The molecule has 0 saturated heterocycles. The molecule has 0 spiro atoms. The van der Waals surface area contributed by atoms with Crippen LogP contribution in [0.4, 0.5) is 0 Å². The average Bonchev–Trinajstić information content (AvgIpc) is 2.05. The fourth-order valence-corrected chi connectivity index (χ4v) is 0.874. The molecule has 0 aromatic carbocycles. The molecule has 3 nitrogen and oxygen atoms in total. The van der Waals surface area contributed by atoms with Gasteiger partial charge < -0.3 is 5.43 Å². The van der Waals surface area contributed by atoms with E-state index in [-0.39, 0.29) is 11.7 Å². The highest BCUT2D eigenvalue weighted by atomic mass is 16.1. The van der Waals surface area contributed by atoms with Crippen molar-refractivity contribution in [1.29, 1.82) is 0 Å². The molecule has 0 aromatic rings. The average molecular weight is 152 g/mol. The zero-order chi connectivity index (χ0) is 8.27. The molecule has 0 saturated carbocycles. The van der Waals surface area contributed by atoms with E-state index in [1.807, 2.05) is 19.9 Å². The van der Waals surface area contributed by atoms with Crippen LogP contribution in [-0.4, -0.2) is 18.5 Å². The van der Waals surface area contributed by atoms with E-state index in [2.05, 4.69) is 10.5 Å². The summed E-state index contributed by atoms with van der Waals surface area (Å²) in [7, 11) is 0. The zero-order valence-electron chi connectivity index (χ0n) is 6.79. The van der Waals surface area contributed by atoms with E-state index in [4.69, 9.17) is 0 Å². The summed E-state index contributed by atoms with van der Waals surface area (Å²) in [4.78, 5) is 11.3. The summed E-state index contributed by atoms with van der Waals surface area (Å²) < 4.78 is 0. The largest absolute Gasteiger partial charge is 0.306 e. The maximum absolute atomic E-state index is 11.3. The normalized spacial score (nSPS) is 16.1.